The molecule has 2 heterocycles. The number of pyridine rings is 1. The van der Waals surface area contributed by atoms with Crippen molar-refractivity contribution in [2.24, 2.45) is 0 Å². The van der Waals surface area contributed by atoms with Crippen LogP contribution < -0.4 is 5.32 Å². The fraction of sp³-hybridized carbons (Fsp3) is 0.278. The molecule has 2 N–H and O–H groups in total. The van der Waals surface area contributed by atoms with Gasteiger partial charge in [-0.3, -0.25) is 4.79 Å². The van der Waals surface area contributed by atoms with Crippen LogP contribution in [-0.4, -0.2) is 35.7 Å². The van der Waals surface area contributed by atoms with Gasteiger partial charge in [0.05, 0.1) is 12.7 Å². The largest absolute Gasteiger partial charge is 0.465 e. The summed E-state index contributed by atoms with van der Waals surface area (Å²) in [4.78, 5) is 27.9. The van der Waals surface area contributed by atoms with E-state index in [1.54, 1.807) is 24.4 Å². The van der Waals surface area contributed by atoms with Crippen molar-refractivity contribution in [3.8, 4) is 11.1 Å². The van der Waals surface area contributed by atoms with E-state index in [1.165, 1.54) is 7.11 Å². The van der Waals surface area contributed by atoms with Crippen molar-refractivity contribution in [2.45, 2.75) is 18.8 Å². The summed E-state index contributed by atoms with van der Waals surface area (Å²) in [5.74, 6) is -0.0937. The number of carbonyl (C=O) groups excluding carboxylic acids is 2. The molecular formula is C18H18N2O4. The van der Waals surface area contributed by atoms with Gasteiger partial charge in [-0.05, 0) is 41.7 Å². The zero-order valence-electron chi connectivity index (χ0n) is 13.3. The van der Waals surface area contributed by atoms with Crippen LogP contribution in [0.5, 0.6) is 0 Å². The average molecular weight is 326 g/mol. The van der Waals surface area contributed by atoms with Crippen molar-refractivity contribution in [2.75, 3.05) is 19.0 Å². The third kappa shape index (κ3) is 3.00. The van der Waals surface area contributed by atoms with E-state index in [9.17, 15) is 14.7 Å². The maximum Gasteiger partial charge on any atom is 0.337 e. The van der Waals surface area contributed by atoms with Crippen molar-refractivity contribution in [1.29, 1.82) is 0 Å². The molecule has 1 aliphatic heterocycles. The van der Waals surface area contributed by atoms with Crippen LogP contribution in [0.15, 0.2) is 36.5 Å². The van der Waals surface area contributed by atoms with E-state index in [1.807, 2.05) is 12.1 Å². The number of anilines is 1. The number of nitrogens with one attached hydrogen (secondary N) is 1. The van der Waals surface area contributed by atoms with Gasteiger partial charge in [0.2, 0.25) is 5.91 Å². The molecule has 0 saturated carbocycles. The molecule has 24 heavy (non-hydrogen) atoms. The number of fused-ring (bicyclic) bond motifs is 1. The molecule has 6 nitrogen and oxygen atoms in total. The Morgan fingerprint density at radius 1 is 1.42 bits per heavy atom. The SMILES string of the molecule is COC(=O)c1cccc(-c2ccnc3c2C(CCO)CC(=O)N3)c1. The number of carbonyl (C=O) groups is 2. The van der Waals surface area contributed by atoms with Crippen molar-refractivity contribution < 1.29 is 19.4 Å². The number of aliphatic hydroxyl groups excluding tert-OH is 1. The van der Waals surface area contributed by atoms with Crippen LogP contribution in [0.4, 0.5) is 5.82 Å². The highest BCUT2D eigenvalue weighted by atomic mass is 16.5. The van der Waals surface area contributed by atoms with Crippen molar-refractivity contribution in [1.82, 2.24) is 4.98 Å². The van der Waals surface area contributed by atoms with Gasteiger partial charge in [-0.2, -0.15) is 0 Å². The first-order valence-electron chi connectivity index (χ1n) is 7.72. The summed E-state index contributed by atoms with van der Waals surface area (Å²) in [7, 11) is 1.34. The maximum atomic E-state index is 11.8. The molecule has 0 saturated heterocycles. The second-order valence-corrected chi connectivity index (χ2v) is 5.65. The van der Waals surface area contributed by atoms with Crippen molar-refractivity contribution in [3.05, 3.63) is 47.7 Å². The van der Waals surface area contributed by atoms with Crippen LogP contribution in [0.25, 0.3) is 11.1 Å². The second-order valence-electron chi connectivity index (χ2n) is 5.65. The van der Waals surface area contributed by atoms with Gasteiger partial charge in [0.15, 0.2) is 0 Å². The lowest BCUT2D eigenvalue weighted by molar-refractivity contribution is -0.116. The highest BCUT2D eigenvalue weighted by Crippen LogP contribution is 2.40. The quantitative estimate of drug-likeness (QED) is 0.842. The summed E-state index contributed by atoms with van der Waals surface area (Å²) < 4.78 is 4.77. The number of esters is 1. The van der Waals surface area contributed by atoms with Crippen LogP contribution in [0.1, 0.15) is 34.7 Å². The molecule has 1 amide bonds. The lowest BCUT2D eigenvalue weighted by Gasteiger charge is -2.26. The number of amides is 1. The molecule has 1 aliphatic rings. The fourth-order valence-corrected chi connectivity index (χ4v) is 3.08. The van der Waals surface area contributed by atoms with Crippen LogP contribution in [0.3, 0.4) is 0 Å². The molecule has 124 valence electrons. The predicted octanol–water partition coefficient (Wildman–Crippen LogP) is 2.34. The molecule has 6 heteroatoms. The van der Waals surface area contributed by atoms with E-state index < -0.39 is 5.97 Å². The molecule has 0 radical (unpaired) electrons. The lowest BCUT2D eigenvalue weighted by atomic mass is 9.84. The van der Waals surface area contributed by atoms with Gasteiger partial charge in [-0.25, -0.2) is 9.78 Å². The normalized spacial score (nSPS) is 16.2. The minimum absolute atomic E-state index is 0.00603. The molecule has 0 fully saturated rings. The van der Waals surface area contributed by atoms with Gasteiger partial charge in [-0.1, -0.05) is 12.1 Å². The standard InChI is InChI=1S/C18H18N2O4/c1-24-18(23)13-4-2-3-11(9-13)14-5-7-19-17-16(14)12(6-8-21)10-15(22)20-17/h2-5,7,9,12,21H,6,8,10H2,1H3,(H,19,20,22). The van der Waals surface area contributed by atoms with E-state index >= 15 is 0 Å². The van der Waals surface area contributed by atoms with E-state index in [2.05, 4.69) is 10.3 Å². The Bertz CT molecular complexity index is 788. The van der Waals surface area contributed by atoms with Crippen LogP contribution in [0.2, 0.25) is 0 Å². The maximum absolute atomic E-state index is 11.8. The van der Waals surface area contributed by atoms with Gasteiger partial charge < -0.3 is 15.2 Å². The molecule has 1 aromatic heterocycles. The van der Waals surface area contributed by atoms with Gasteiger partial charge in [0, 0.05) is 24.8 Å². The summed E-state index contributed by atoms with van der Waals surface area (Å²) in [5.41, 5.74) is 3.09. The highest BCUT2D eigenvalue weighted by Gasteiger charge is 2.28. The number of hydrogen-bond donors (Lipinski definition) is 2. The third-order valence-corrected chi connectivity index (χ3v) is 4.16. The Morgan fingerprint density at radius 3 is 3.00 bits per heavy atom. The van der Waals surface area contributed by atoms with E-state index in [4.69, 9.17) is 4.74 Å². The molecule has 1 aromatic carbocycles. The topological polar surface area (TPSA) is 88.5 Å². The molecular weight excluding hydrogens is 308 g/mol. The molecule has 1 unspecified atom stereocenters. The first kappa shape index (κ1) is 16.1. The number of rotatable bonds is 4. The molecule has 1 atom stereocenters. The minimum Gasteiger partial charge on any atom is -0.465 e. The molecule has 3 rings (SSSR count). The number of aromatic nitrogens is 1. The van der Waals surface area contributed by atoms with Crippen LogP contribution >= 0.6 is 0 Å². The summed E-state index contributed by atoms with van der Waals surface area (Å²) in [5, 5.41) is 12.1. The molecule has 0 spiro atoms. The summed E-state index contributed by atoms with van der Waals surface area (Å²) >= 11 is 0. The van der Waals surface area contributed by atoms with E-state index in [0.29, 0.717) is 24.2 Å². The van der Waals surface area contributed by atoms with Crippen molar-refractivity contribution in [3.63, 3.8) is 0 Å². The Hall–Kier alpha value is -2.73. The fourth-order valence-electron chi connectivity index (χ4n) is 3.08. The lowest BCUT2D eigenvalue weighted by Crippen LogP contribution is -2.25. The second kappa shape index (κ2) is 6.80. The number of hydrogen-bond acceptors (Lipinski definition) is 5. The zero-order chi connectivity index (χ0) is 17.1. The average Bonchev–Trinajstić information content (AvgIpc) is 2.60. The number of nitrogens with zero attached hydrogens (tertiary/aromatic N) is 1. The molecule has 0 aliphatic carbocycles. The zero-order valence-corrected chi connectivity index (χ0v) is 13.3. The molecule has 2 aromatic rings. The van der Waals surface area contributed by atoms with Crippen LogP contribution in [-0.2, 0) is 9.53 Å². The van der Waals surface area contributed by atoms with Gasteiger partial charge >= 0.3 is 5.97 Å². The van der Waals surface area contributed by atoms with Crippen LogP contribution in [0, 0.1) is 0 Å². The Morgan fingerprint density at radius 2 is 2.25 bits per heavy atom. The summed E-state index contributed by atoms with van der Waals surface area (Å²) in [6, 6.07) is 8.99. The van der Waals surface area contributed by atoms with Crippen molar-refractivity contribution >= 4 is 17.7 Å². The number of methoxy groups -OCH3 is 1. The van der Waals surface area contributed by atoms with Gasteiger partial charge in [-0.15, -0.1) is 0 Å². The number of aliphatic hydroxyl groups is 1. The first-order chi connectivity index (χ1) is 11.6. The minimum atomic E-state index is -0.403. The van der Waals surface area contributed by atoms with E-state index in [-0.39, 0.29) is 18.4 Å². The Kier molecular flexibility index (Phi) is 4.57. The summed E-state index contributed by atoms with van der Waals surface area (Å²) in [6.07, 6.45) is 2.42. The monoisotopic (exact) mass is 326 g/mol. The van der Waals surface area contributed by atoms with E-state index in [0.717, 1.165) is 16.7 Å². The first-order valence-corrected chi connectivity index (χ1v) is 7.72. The third-order valence-electron chi connectivity index (χ3n) is 4.16. The highest BCUT2D eigenvalue weighted by molar-refractivity contribution is 5.96. The number of benzene rings is 1. The summed E-state index contributed by atoms with van der Waals surface area (Å²) in [6.45, 7) is -0.00603. The van der Waals surface area contributed by atoms with Gasteiger partial charge in [0.25, 0.3) is 0 Å². The number of ether oxygens (including phenoxy) is 1. The predicted molar refractivity (Wildman–Crippen MR) is 88.7 cm³/mol. The Labute approximate surface area is 139 Å². The smallest absolute Gasteiger partial charge is 0.337 e. The Balaban J connectivity index is 2.11. The molecule has 0 bridgehead atoms. The van der Waals surface area contributed by atoms with Gasteiger partial charge in [0.1, 0.15) is 5.82 Å².